The summed E-state index contributed by atoms with van der Waals surface area (Å²) in [5, 5.41) is 3.26. The Kier molecular flexibility index (Phi) is 1.87. The maximum atomic E-state index is 4.35. The molecule has 2 aromatic rings. The molecule has 0 saturated heterocycles. The van der Waals surface area contributed by atoms with Gasteiger partial charge in [0.15, 0.2) is 5.65 Å². The Bertz CT molecular complexity index is 513. The number of H-pyrrole nitrogens is 1. The van der Waals surface area contributed by atoms with Crippen LogP contribution in [0, 0.1) is 0 Å². The molecule has 0 spiro atoms. The van der Waals surface area contributed by atoms with Gasteiger partial charge < -0.3 is 10.3 Å². The van der Waals surface area contributed by atoms with E-state index < -0.39 is 0 Å². The molecule has 0 unspecified atom stereocenters. The van der Waals surface area contributed by atoms with E-state index in [1.54, 1.807) is 12.5 Å². The van der Waals surface area contributed by atoms with Crippen molar-refractivity contribution in [2.24, 2.45) is 4.99 Å². The van der Waals surface area contributed by atoms with Gasteiger partial charge in [0.2, 0.25) is 0 Å². The molecule has 5 heteroatoms. The minimum absolute atomic E-state index is 0.744. The Hall–Kier alpha value is -1.91. The Morgan fingerprint density at radius 2 is 2.33 bits per heavy atom. The Morgan fingerprint density at radius 3 is 3.20 bits per heavy atom. The number of imidazole rings is 1. The van der Waals surface area contributed by atoms with Crippen molar-refractivity contribution >= 4 is 22.7 Å². The first-order valence-electron chi connectivity index (χ1n) is 5.01. The lowest BCUT2D eigenvalue weighted by atomic mass is 10.3. The van der Waals surface area contributed by atoms with Crippen LogP contribution in [0.4, 0.5) is 5.69 Å². The van der Waals surface area contributed by atoms with Crippen molar-refractivity contribution in [3.63, 3.8) is 0 Å². The second kappa shape index (κ2) is 3.34. The molecular formula is C10H11N5. The zero-order valence-corrected chi connectivity index (χ0v) is 8.20. The van der Waals surface area contributed by atoms with Gasteiger partial charge in [-0.1, -0.05) is 0 Å². The molecule has 1 aliphatic heterocycles. The number of anilines is 1. The number of aliphatic imine (C=N–C) groups is 1. The van der Waals surface area contributed by atoms with Gasteiger partial charge in [-0.2, -0.15) is 0 Å². The normalized spacial score (nSPS) is 15.6. The van der Waals surface area contributed by atoms with Crippen molar-refractivity contribution in [2.45, 2.75) is 12.8 Å². The molecule has 0 bridgehead atoms. The van der Waals surface area contributed by atoms with Gasteiger partial charge in [-0.05, 0) is 12.5 Å². The summed E-state index contributed by atoms with van der Waals surface area (Å²) >= 11 is 0. The summed E-state index contributed by atoms with van der Waals surface area (Å²) < 4.78 is 0. The summed E-state index contributed by atoms with van der Waals surface area (Å²) in [6, 6.07) is 2.00. The summed E-state index contributed by atoms with van der Waals surface area (Å²) in [6.07, 6.45) is 5.60. The first kappa shape index (κ1) is 8.40. The quantitative estimate of drug-likeness (QED) is 0.735. The number of pyridine rings is 1. The van der Waals surface area contributed by atoms with Crippen molar-refractivity contribution in [3.05, 3.63) is 18.6 Å². The molecular weight excluding hydrogens is 190 g/mol. The van der Waals surface area contributed by atoms with E-state index in [9.17, 15) is 0 Å². The predicted molar refractivity (Wildman–Crippen MR) is 59.0 cm³/mol. The number of nitrogens with one attached hydrogen (secondary N) is 2. The lowest BCUT2D eigenvalue weighted by molar-refractivity contribution is 0.951. The molecule has 5 nitrogen and oxygen atoms in total. The fraction of sp³-hybridized carbons (Fsp3) is 0.300. The van der Waals surface area contributed by atoms with E-state index in [0.29, 0.717) is 0 Å². The number of amidine groups is 1. The third-order valence-corrected chi connectivity index (χ3v) is 2.44. The summed E-state index contributed by atoms with van der Waals surface area (Å²) in [7, 11) is 0. The average molecular weight is 201 g/mol. The first-order chi connectivity index (χ1) is 7.42. The number of nitrogens with zero attached hydrogens (tertiary/aromatic N) is 3. The Balaban J connectivity index is 1.90. The SMILES string of the molecule is c1nc2ncc(NC3=NCCC3)cc2[nH]1. The van der Waals surface area contributed by atoms with Crippen LogP contribution in [0.25, 0.3) is 11.2 Å². The highest BCUT2D eigenvalue weighted by atomic mass is 15.0. The molecule has 2 aromatic heterocycles. The first-order valence-corrected chi connectivity index (χ1v) is 5.01. The number of hydrogen-bond acceptors (Lipinski definition) is 4. The molecule has 0 aliphatic carbocycles. The van der Waals surface area contributed by atoms with Crippen LogP contribution in [0.15, 0.2) is 23.6 Å². The second-order valence-electron chi connectivity index (χ2n) is 3.55. The third kappa shape index (κ3) is 1.56. The van der Waals surface area contributed by atoms with Crippen molar-refractivity contribution in [1.29, 1.82) is 0 Å². The lowest BCUT2D eigenvalue weighted by Crippen LogP contribution is -2.08. The molecule has 2 N–H and O–H groups in total. The van der Waals surface area contributed by atoms with Crippen LogP contribution in [0.3, 0.4) is 0 Å². The number of fused-ring (bicyclic) bond motifs is 1. The van der Waals surface area contributed by atoms with E-state index in [1.165, 1.54) is 0 Å². The molecule has 0 saturated carbocycles. The molecule has 15 heavy (non-hydrogen) atoms. The lowest BCUT2D eigenvalue weighted by Gasteiger charge is -2.04. The van der Waals surface area contributed by atoms with Crippen molar-refractivity contribution in [2.75, 3.05) is 11.9 Å². The highest BCUT2D eigenvalue weighted by molar-refractivity contribution is 5.97. The van der Waals surface area contributed by atoms with Gasteiger partial charge in [0.1, 0.15) is 5.84 Å². The molecule has 0 atom stereocenters. The maximum absolute atomic E-state index is 4.35. The van der Waals surface area contributed by atoms with Crippen LogP contribution in [0.2, 0.25) is 0 Å². The zero-order valence-electron chi connectivity index (χ0n) is 8.20. The molecule has 3 rings (SSSR count). The Labute approximate surface area is 86.7 Å². The van der Waals surface area contributed by atoms with Crippen LogP contribution in [0.1, 0.15) is 12.8 Å². The molecule has 0 fully saturated rings. The summed E-state index contributed by atoms with van der Waals surface area (Å²) in [5.74, 6) is 1.05. The third-order valence-electron chi connectivity index (χ3n) is 2.44. The van der Waals surface area contributed by atoms with E-state index in [4.69, 9.17) is 0 Å². The fourth-order valence-corrected chi connectivity index (χ4v) is 1.71. The zero-order chi connectivity index (χ0) is 10.1. The van der Waals surface area contributed by atoms with Crippen LogP contribution in [-0.4, -0.2) is 27.3 Å². The monoisotopic (exact) mass is 201 g/mol. The molecule has 0 radical (unpaired) electrons. The molecule has 3 heterocycles. The largest absolute Gasteiger partial charge is 0.343 e. The summed E-state index contributed by atoms with van der Waals surface area (Å²) in [5.41, 5.74) is 2.65. The van der Waals surface area contributed by atoms with Gasteiger partial charge in [-0.15, -0.1) is 0 Å². The van der Waals surface area contributed by atoms with E-state index in [0.717, 1.165) is 42.1 Å². The van der Waals surface area contributed by atoms with Gasteiger partial charge in [0.05, 0.1) is 23.7 Å². The number of hydrogen-bond donors (Lipinski definition) is 2. The summed E-state index contributed by atoms with van der Waals surface area (Å²) in [6.45, 7) is 0.933. The van der Waals surface area contributed by atoms with Crippen LogP contribution >= 0.6 is 0 Å². The molecule has 76 valence electrons. The summed E-state index contributed by atoms with van der Waals surface area (Å²) in [4.78, 5) is 15.7. The highest BCUT2D eigenvalue weighted by Gasteiger charge is 2.07. The van der Waals surface area contributed by atoms with Crippen molar-refractivity contribution < 1.29 is 0 Å². The van der Waals surface area contributed by atoms with E-state index in [1.807, 2.05) is 6.07 Å². The smallest absolute Gasteiger partial charge is 0.177 e. The van der Waals surface area contributed by atoms with Crippen LogP contribution < -0.4 is 5.32 Å². The van der Waals surface area contributed by atoms with E-state index in [2.05, 4.69) is 25.3 Å². The minimum atomic E-state index is 0.744. The molecule has 0 amide bonds. The van der Waals surface area contributed by atoms with Gasteiger partial charge in [-0.25, -0.2) is 9.97 Å². The van der Waals surface area contributed by atoms with E-state index >= 15 is 0 Å². The molecule has 0 aromatic carbocycles. The standard InChI is InChI=1S/C10H11N5/c1-2-9(11-3-1)15-7-4-8-10(12-5-7)14-6-13-8/h4-6H,1-3H2,(H,11,15)(H,12,13,14). The van der Waals surface area contributed by atoms with Gasteiger partial charge in [0.25, 0.3) is 0 Å². The number of aromatic amines is 1. The van der Waals surface area contributed by atoms with Gasteiger partial charge in [0, 0.05) is 13.0 Å². The average Bonchev–Trinajstić information content (AvgIpc) is 2.87. The second-order valence-corrected chi connectivity index (χ2v) is 3.55. The number of rotatable bonds is 1. The van der Waals surface area contributed by atoms with Crippen molar-refractivity contribution in [1.82, 2.24) is 15.0 Å². The van der Waals surface area contributed by atoms with Gasteiger partial charge >= 0.3 is 0 Å². The Morgan fingerprint density at radius 1 is 1.33 bits per heavy atom. The molecule has 1 aliphatic rings. The highest BCUT2D eigenvalue weighted by Crippen LogP contribution is 2.14. The van der Waals surface area contributed by atoms with E-state index in [-0.39, 0.29) is 0 Å². The fourth-order valence-electron chi connectivity index (χ4n) is 1.71. The van der Waals surface area contributed by atoms with Crippen LogP contribution in [0.5, 0.6) is 0 Å². The van der Waals surface area contributed by atoms with Crippen LogP contribution in [-0.2, 0) is 0 Å². The number of aromatic nitrogens is 3. The van der Waals surface area contributed by atoms with Gasteiger partial charge in [-0.3, -0.25) is 4.99 Å². The predicted octanol–water partition coefficient (Wildman–Crippen LogP) is 1.56. The maximum Gasteiger partial charge on any atom is 0.177 e. The van der Waals surface area contributed by atoms with Crippen molar-refractivity contribution in [3.8, 4) is 0 Å². The topological polar surface area (TPSA) is 66.0 Å². The minimum Gasteiger partial charge on any atom is -0.343 e.